The van der Waals surface area contributed by atoms with Crippen LogP contribution in [0, 0.1) is 17.8 Å². The summed E-state index contributed by atoms with van der Waals surface area (Å²) in [6.07, 6.45) is 4.27. The van der Waals surface area contributed by atoms with Gasteiger partial charge in [-0.1, -0.05) is 24.8 Å². The van der Waals surface area contributed by atoms with Gasteiger partial charge < -0.3 is 9.64 Å². The van der Waals surface area contributed by atoms with Crippen molar-refractivity contribution in [3.05, 3.63) is 59.6 Å². The van der Waals surface area contributed by atoms with Crippen LogP contribution >= 0.6 is 0 Å². The van der Waals surface area contributed by atoms with Crippen LogP contribution in [-0.2, 0) is 32.7 Å². The van der Waals surface area contributed by atoms with Crippen molar-refractivity contribution in [2.75, 3.05) is 13.2 Å². The molecule has 1 aliphatic carbocycles. The molecule has 0 atom stereocenters. The predicted octanol–water partition coefficient (Wildman–Crippen LogP) is 4.80. The molecule has 1 aromatic carbocycles. The Labute approximate surface area is 171 Å². The van der Waals surface area contributed by atoms with Crippen LogP contribution in [-0.4, -0.2) is 24.5 Å². The molecule has 0 unspecified atom stereocenters. The Kier molecular flexibility index (Phi) is 6.92. The van der Waals surface area contributed by atoms with Gasteiger partial charge in [-0.05, 0) is 30.5 Å². The normalized spacial score (nSPS) is 17.2. The summed E-state index contributed by atoms with van der Waals surface area (Å²) in [5, 5.41) is 0. The van der Waals surface area contributed by atoms with Crippen LogP contribution in [0.1, 0.15) is 25.3 Å². The Balaban J connectivity index is 0.00000225. The Morgan fingerprint density at radius 1 is 1.36 bits per heavy atom. The van der Waals surface area contributed by atoms with Gasteiger partial charge in [0, 0.05) is 38.8 Å². The molecule has 3 rings (SSSR count). The topological polar surface area (TPSA) is 12.5 Å². The SMILES string of the molecule is C=C1C(C)=C[C-]=C(c2ccc(OCC3CC3)cc2F)N1CC(F)F.[Y]. The standard InChI is InChI=1S/C19H19F3NO.Y/c1-12-3-8-18(23(13(12)2)10-19(21)22)16-7-6-15(9-17(16)20)24-11-14-4-5-14;/h3,6-7,9,14,19H,2,4-5,10-11H2,1H3;/q-1;. The van der Waals surface area contributed by atoms with Crippen LogP contribution in [0.5, 0.6) is 5.75 Å². The van der Waals surface area contributed by atoms with E-state index in [1.807, 2.05) is 0 Å². The molecule has 0 saturated heterocycles. The van der Waals surface area contributed by atoms with Crippen LogP contribution in [0.2, 0.25) is 0 Å². The van der Waals surface area contributed by atoms with Crippen LogP contribution in [0.4, 0.5) is 13.2 Å². The fraction of sp³-hybridized carbons (Fsp3) is 0.368. The number of halogens is 3. The van der Waals surface area contributed by atoms with Gasteiger partial charge in [-0.25, -0.2) is 13.2 Å². The third kappa shape index (κ3) is 4.98. The fourth-order valence-corrected chi connectivity index (χ4v) is 2.52. The molecule has 1 fully saturated rings. The second-order valence-electron chi connectivity index (χ2n) is 6.16. The van der Waals surface area contributed by atoms with Crippen molar-refractivity contribution in [1.29, 1.82) is 0 Å². The maximum Gasteiger partial charge on any atom is 0.256 e. The molecule has 1 radical (unpaired) electrons. The van der Waals surface area contributed by atoms with E-state index in [0.717, 1.165) is 18.4 Å². The second-order valence-corrected chi connectivity index (χ2v) is 6.16. The third-order valence-corrected chi connectivity index (χ3v) is 4.18. The van der Waals surface area contributed by atoms with Crippen LogP contribution in [0.25, 0.3) is 5.70 Å². The van der Waals surface area contributed by atoms with Gasteiger partial charge in [0.15, 0.2) is 0 Å². The average Bonchev–Trinajstić information content (AvgIpc) is 3.35. The summed E-state index contributed by atoms with van der Waals surface area (Å²) in [5.74, 6) is 0.497. The van der Waals surface area contributed by atoms with E-state index in [-0.39, 0.29) is 44.0 Å². The number of ether oxygens (including phenoxy) is 1. The molecular formula is C19H19F3NOY-. The van der Waals surface area contributed by atoms with E-state index in [9.17, 15) is 13.2 Å². The maximum atomic E-state index is 14.5. The molecule has 2 nitrogen and oxygen atoms in total. The monoisotopic (exact) mass is 423 g/mol. The second kappa shape index (κ2) is 8.54. The summed E-state index contributed by atoms with van der Waals surface area (Å²) in [5.41, 5.74) is 1.62. The first-order chi connectivity index (χ1) is 11.5. The Morgan fingerprint density at radius 2 is 2.08 bits per heavy atom. The van der Waals surface area contributed by atoms with Crippen LogP contribution < -0.4 is 4.74 Å². The Hall–Kier alpha value is -1.07. The number of nitrogens with zero attached hydrogens (tertiary/aromatic N) is 1. The molecule has 6 heteroatoms. The molecular weight excluding hydrogens is 404 g/mol. The molecule has 0 aromatic heterocycles. The zero-order valence-corrected chi connectivity index (χ0v) is 16.9. The largest absolute Gasteiger partial charge is 0.493 e. The molecule has 131 valence electrons. The van der Waals surface area contributed by atoms with Crippen molar-refractivity contribution in [2.24, 2.45) is 5.92 Å². The van der Waals surface area contributed by atoms with Crippen molar-refractivity contribution in [3.63, 3.8) is 0 Å². The van der Waals surface area contributed by atoms with E-state index in [4.69, 9.17) is 4.74 Å². The zero-order chi connectivity index (χ0) is 17.3. The summed E-state index contributed by atoms with van der Waals surface area (Å²) in [6.45, 7) is 5.62. The zero-order valence-electron chi connectivity index (χ0n) is 14.1. The minimum absolute atomic E-state index is 0. The summed E-state index contributed by atoms with van der Waals surface area (Å²) in [4.78, 5) is 1.31. The number of hydrogen-bond acceptors (Lipinski definition) is 2. The Morgan fingerprint density at radius 3 is 2.68 bits per heavy atom. The van der Waals surface area contributed by atoms with E-state index in [2.05, 4.69) is 12.7 Å². The van der Waals surface area contributed by atoms with Crippen molar-refractivity contribution in [1.82, 2.24) is 4.90 Å². The van der Waals surface area contributed by atoms with Gasteiger partial charge >= 0.3 is 0 Å². The molecule has 1 saturated carbocycles. The third-order valence-electron chi connectivity index (χ3n) is 4.18. The van der Waals surface area contributed by atoms with E-state index < -0.39 is 18.8 Å². The van der Waals surface area contributed by atoms with Gasteiger partial charge in [-0.15, -0.1) is 11.6 Å². The number of alkyl halides is 2. The van der Waals surface area contributed by atoms with Crippen molar-refractivity contribution >= 4 is 5.70 Å². The number of rotatable bonds is 6. The number of benzene rings is 1. The van der Waals surface area contributed by atoms with Crippen LogP contribution in [0.3, 0.4) is 0 Å². The number of allylic oxidation sites excluding steroid dienone is 3. The summed E-state index contributed by atoms with van der Waals surface area (Å²) in [6, 6.07) is 4.49. The van der Waals surface area contributed by atoms with Crippen LogP contribution in [0.15, 0.2) is 42.1 Å². The minimum atomic E-state index is -2.56. The quantitative estimate of drug-likeness (QED) is 0.610. The average molecular weight is 423 g/mol. The maximum absolute atomic E-state index is 14.5. The summed E-state index contributed by atoms with van der Waals surface area (Å²) >= 11 is 0. The van der Waals surface area contributed by atoms with E-state index in [1.54, 1.807) is 25.1 Å². The molecule has 0 amide bonds. The van der Waals surface area contributed by atoms with Gasteiger partial charge in [-0.2, -0.15) is 12.2 Å². The molecule has 25 heavy (non-hydrogen) atoms. The van der Waals surface area contributed by atoms with Gasteiger partial charge in [0.2, 0.25) is 0 Å². The first kappa shape index (κ1) is 20.2. The summed E-state index contributed by atoms with van der Waals surface area (Å²) < 4.78 is 45.9. The van der Waals surface area contributed by atoms with Gasteiger partial charge in [-0.3, -0.25) is 0 Å². The molecule has 1 heterocycles. The van der Waals surface area contributed by atoms with E-state index >= 15 is 0 Å². The van der Waals surface area contributed by atoms with Gasteiger partial charge in [0.1, 0.15) is 5.75 Å². The van der Waals surface area contributed by atoms with E-state index in [0.29, 0.717) is 24.0 Å². The molecule has 0 spiro atoms. The fourth-order valence-electron chi connectivity index (χ4n) is 2.52. The molecule has 1 aliphatic heterocycles. The van der Waals surface area contributed by atoms with Gasteiger partial charge in [0.25, 0.3) is 6.43 Å². The van der Waals surface area contributed by atoms with Gasteiger partial charge in [0.05, 0.1) is 19.0 Å². The summed E-state index contributed by atoms with van der Waals surface area (Å²) in [7, 11) is 0. The molecule has 1 aromatic rings. The molecule has 0 bridgehead atoms. The number of hydrogen-bond donors (Lipinski definition) is 0. The minimum Gasteiger partial charge on any atom is -0.493 e. The first-order valence-corrected chi connectivity index (χ1v) is 7.93. The Bertz CT molecular complexity index is 711. The molecule has 2 aliphatic rings. The van der Waals surface area contributed by atoms with Crippen molar-refractivity contribution in [3.8, 4) is 5.75 Å². The van der Waals surface area contributed by atoms with E-state index in [1.165, 1.54) is 11.0 Å². The predicted molar refractivity (Wildman–Crippen MR) is 86.9 cm³/mol. The van der Waals surface area contributed by atoms with Crippen molar-refractivity contribution in [2.45, 2.75) is 26.2 Å². The first-order valence-electron chi connectivity index (χ1n) is 7.93. The molecule has 0 N–H and O–H groups in total. The smallest absolute Gasteiger partial charge is 0.256 e. The van der Waals surface area contributed by atoms with Crippen molar-refractivity contribution < 1.29 is 50.6 Å².